The van der Waals surface area contributed by atoms with Crippen LogP contribution in [0.25, 0.3) is 0 Å². The number of nitrogens with two attached hydrogens (primary N) is 1. The third kappa shape index (κ3) is 4.74. The Labute approximate surface area is 81.7 Å². The molecule has 0 saturated heterocycles. The fourth-order valence-corrected chi connectivity index (χ4v) is 0.672. The van der Waals surface area contributed by atoms with Crippen molar-refractivity contribution < 1.29 is 13.2 Å². The molecular formula is C10H14F3N. The van der Waals surface area contributed by atoms with Crippen LogP contribution in [0.4, 0.5) is 18.9 Å². The van der Waals surface area contributed by atoms with Gasteiger partial charge in [-0.2, -0.15) is 13.2 Å². The first-order valence-electron chi connectivity index (χ1n) is 4.34. The highest BCUT2D eigenvalue weighted by Crippen LogP contribution is 2.29. The number of benzene rings is 1. The summed E-state index contributed by atoms with van der Waals surface area (Å²) in [4.78, 5) is 0. The zero-order valence-electron chi connectivity index (χ0n) is 8.23. The van der Waals surface area contributed by atoms with Gasteiger partial charge in [-0.3, -0.25) is 0 Å². The van der Waals surface area contributed by atoms with Crippen molar-refractivity contribution in [2.24, 2.45) is 0 Å². The third-order valence-electron chi connectivity index (χ3n) is 1.24. The van der Waals surface area contributed by atoms with Crippen molar-refractivity contribution in [3.8, 4) is 0 Å². The van der Waals surface area contributed by atoms with Gasteiger partial charge in [0.05, 0.1) is 5.56 Å². The fraction of sp³-hybridized carbons (Fsp3) is 0.400. The molecule has 80 valence electrons. The summed E-state index contributed by atoms with van der Waals surface area (Å²) < 4.78 is 35.6. The monoisotopic (exact) mass is 205 g/mol. The zero-order chi connectivity index (χ0) is 11.2. The average Bonchev–Trinajstić information content (AvgIpc) is 2.04. The Morgan fingerprint density at radius 2 is 1.43 bits per heavy atom. The van der Waals surface area contributed by atoms with Crippen LogP contribution in [0.1, 0.15) is 25.8 Å². The number of halogens is 3. The van der Waals surface area contributed by atoms with Crippen molar-refractivity contribution in [2.75, 3.05) is 5.73 Å². The van der Waals surface area contributed by atoms with E-state index in [1.165, 1.54) is 18.6 Å². The molecule has 0 spiro atoms. The maximum absolute atomic E-state index is 11.9. The van der Waals surface area contributed by atoms with Gasteiger partial charge >= 0.3 is 6.18 Å². The van der Waals surface area contributed by atoms with Gasteiger partial charge in [-0.05, 0) is 24.3 Å². The van der Waals surface area contributed by atoms with Gasteiger partial charge in [0.15, 0.2) is 0 Å². The van der Waals surface area contributed by atoms with Crippen molar-refractivity contribution in [1.82, 2.24) is 0 Å². The normalized spacial score (nSPS) is 10.4. The molecule has 1 aromatic carbocycles. The molecule has 0 radical (unpaired) electrons. The van der Waals surface area contributed by atoms with Gasteiger partial charge in [-0.25, -0.2) is 0 Å². The predicted molar refractivity (Wildman–Crippen MR) is 51.8 cm³/mol. The first-order chi connectivity index (χ1) is 6.41. The van der Waals surface area contributed by atoms with E-state index in [0.29, 0.717) is 5.69 Å². The summed E-state index contributed by atoms with van der Waals surface area (Å²) in [6, 6.07) is 4.36. The molecule has 0 unspecified atom stereocenters. The van der Waals surface area contributed by atoms with Crippen LogP contribution in [0.15, 0.2) is 24.3 Å². The summed E-state index contributed by atoms with van der Waals surface area (Å²) in [5.74, 6) is 0. The Kier molecular flexibility index (Phi) is 5.05. The van der Waals surface area contributed by atoms with E-state index in [0.717, 1.165) is 12.1 Å². The lowest BCUT2D eigenvalue weighted by molar-refractivity contribution is -0.137. The molecule has 0 amide bonds. The lowest BCUT2D eigenvalue weighted by Gasteiger charge is -2.05. The van der Waals surface area contributed by atoms with Gasteiger partial charge in [-0.15, -0.1) is 0 Å². The van der Waals surface area contributed by atoms with E-state index in [1.807, 2.05) is 0 Å². The van der Waals surface area contributed by atoms with Crippen LogP contribution in [0.5, 0.6) is 0 Å². The minimum atomic E-state index is -4.27. The van der Waals surface area contributed by atoms with Crippen LogP contribution < -0.4 is 5.73 Å². The highest BCUT2D eigenvalue weighted by Gasteiger charge is 2.29. The van der Waals surface area contributed by atoms with Crippen LogP contribution in [0, 0.1) is 0 Å². The molecule has 0 atom stereocenters. The summed E-state index contributed by atoms with van der Waals surface area (Å²) in [5.41, 5.74) is 4.86. The Bertz CT molecular complexity index is 251. The Hall–Kier alpha value is -1.19. The minimum absolute atomic E-state index is 0.331. The molecule has 2 N–H and O–H groups in total. The van der Waals surface area contributed by atoms with E-state index < -0.39 is 11.7 Å². The van der Waals surface area contributed by atoms with Crippen molar-refractivity contribution in [1.29, 1.82) is 0 Å². The smallest absolute Gasteiger partial charge is 0.399 e. The second-order valence-electron chi connectivity index (χ2n) is 2.83. The number of anilines is 1. The van der Waals surface area contributed by atoms with E-state index in [9.17, 15) is 13.2 Å². The molecule has 1 aromatic rings. The van der Waals surface area contributed by atoms with E-state index >= 15 is 0 Å². The van der Waals surface area contributed by atoms with Crippen LogP contribution >= 0.6 is 0 Å². The number of hydrogen-bond acceptors (Lipinski definition) is 1. The standard InChI is InChI=1S/C7H6F3N.C3H8/c8-7(9,10)5-1-3-6(11)4-2-5;1-3-2/h1-4H,11H2;3H2,1-2H3. The molecule has 1 nitrogen and oxygen atoms in total. The van der Waals surface area contributed by atoms with E-state index in [1.54, 1.807) is 0 Å². The largest absolute Gasteiger partial charge is 0.416 e. The maximum atomic E-state index is 11.9. The predicted octanol–water partition coefficient (Wildman–Crippen LogP) is 3.70. The molecule has 0 aromatic heterocycles. The molecule has 0 aliphatic carbocycles. The fourth-order valence-electron chi connectivity index (χ4n) is 0.672. The summed E-state index contributed by atoms with van der Waals surface area (Å²) >= 11 is 0. The highest BCUT2D eigenvalue weighted by molar-refractivity contribution is 5.39. The summed E-state index contributed by atoms with van der Waals surface area (Å²) in [6.45, 7) is 4.25. The second-order valence-corrected chi connectivity index (χ2v) is 2.83. The second kappa shape index (κ2) is 5.52. The quantitative estimate of drug-likeness (QED) is 0.642. The lowest BCUT2D eigenvalue weighted by Crippen LogP contribution is -2.04. The average molecular weight is 205 g/mol. The van der Waals surface area contributed by atoms with Crippen LogP contribution in [-0.4, -0.2) is 0 Å². The molecule has 0 fully saturated rings. The van der Waals surface area contributed by atoms with Crippen molar-refractivity contribution >= 4 is 5.69 Å². The van der Waals surface area contributed by atoms with Crippen molar-refractivity contribution in [3.05, 3.63) is 29.8 Å². The Morgan fingerprint density at radius 3 is 1.71 bits per heavy atom. The molecule has 4 heteroatoms. The third-order valence-corrected chi connectivity index (χ3v) is 1.24. The van der Waals surface area contributed by atoms with Gasteiger partial charge in [0.1, 0.15) is 0 Å². The number of alkyl halides is 3. The molecule has 0 bridgehead atoms. The Balaban J connectivity index is 0.000000500. The van der Waals surface area contributed by atoms with Crippen molar-refractivity contribution in [3.63, 3.8) is 0 Å². The molecule has 0 saturated carbocycles. The highest BCUT2D eigenvalue weighted by atomic mass is 19.4. The van der Waals surface area contributed by atoms with Gasteiger partial charge in [0, 0.05) is 5.69 Å². The van der Waals surface area contributed by atoms with Gasteiger partial charge < -0.3 is 5.73 Å². The van der Waals surface area contributed by atoms with Crippen LogP contribution in [0.3, 0.4) is 0 Å². The molecule has 0 heterocycles. The van der Waals surface area contributed by atoms with Crippen LogP contribution in [-0.2, 0) is 6.18 Å². The van der Waals surface area contributed by atoms with E-state index in [2.05, 4.69) is 13.8 Å². The SMILES string of the molecule is CCC.Nc1ccc(C(F)(F)F)cc1. The Morgan fingerprint density at radius 1 is 1.07 bits per heavy atom. The van der Waals surface area contributed by atoms with E-state index in [-0.39, 0.29) is 0 Å². The molecule has 1 rings (SSSR count). The minimum Gasteiger partial charge on any atom is -0.399 e. The molecular weight excluding hydrogens is 191 g/mol. The van der Waals surface area contributed by atoms with Gasteiger partial charge in [0.2, 0.25) is 0 Å². The molecule has 0 aliphatic rings. The number of hydrogen-bond donors (Lipinski definition) is 1. The maximum Gasteiger partial charge on any atom is 0.416 e. The topological polar surface area (TPSA) is 26.0 Å². The first kappa shape index (κ1) is 12.8. The molecule has 14 heavy (non-hydrogen) atoms. The summed E-state index contributed by atoms with van der Waals surface area (Å²) in [7, 11) is 0. The summed E-state index contributed by atoms with van der Waals surface area (Å²) in [6.07, 6.45) is -3.02. The first-order valence-corrected chi connectivity index (χ1v) is 4.34. The summed E-state index contributed by atoms with van der Waals surface area (Å²) in [5, 5.41) is 0. The van der Waals surface area contributed by atoms with Gasteiger partial charge in [0.25, 0.3) is 0 Å². The lowest BCUT2D eigenvalue weighted by atomic mass is 10.2. The zero-order valence-corrected chi connectivity index (χ0v) is 8.23. The number of nitrogen functional groups attached to an aromatic ring is 1. The van der Waals surface area contributed by atoms with Crippen molar-refractivity contribution in [2.45, 2.75) is 26.4 Å². The van der Waals surface area contributed by atoms with E-state index in [4.69, 9.17) is 5.73 Å². The number of rotatable bonds is 0. The van der Waals surface area contributed by atoms with Crippen LogP contribution in [0.2, 0.25) is 0 Å². The van der Waals surface area contributed by atoms with Gasteiger partial charge in [-0.1, -0.05) is 20.3 Å². The molecule has 0 aliphatic heterocycles.